The zero-order chi connectivity index (χ0) is 22.9. The van der Waals surface area contributed by atoms with Gasteiger partial charge in [0, 0.05) is 6.42 Å². The molecular formula is C18H33N5O6. The van der Waals surface area contributed by atoms with Crippen molar-refractivity contribution in [2.75, 3.05) is 0 Å². The molecule has 0 aliphatic heterocycles. The molecule has 11 nitrogen and oxygen atoms in total. The van der Waals surface area contributed by atoms with Crippen molar-refractivity contribution >= 4 is 29.6 Å². The van der Waals surface area contributed by atoms with Gasteiger partial charge in [0.15, 0.2) is 0 Å². The van der Waals surface area contributed by atoms with Gasteiger partial charge in [0.25, 0.3) is 0 Å². The molecule has 0 saturated carbocycles. The van der Waals surface area contributed by atoms with E-state index in [0.29, 0.717) is 0 Å². The molecule has 0 fully saturated rings. The van der Waals surface area contributed by atoms with E-state index >= 15 is 0 Å². The number of nitrogens with two attached hydrogens (primary N) is 2. The summed E-state index contributed by atoms with van der Waals surface area (Å²) in [5.74, 6) is -4.42. The quantitative estimate of drug-likeness (QED) is 0.222. The number of carbonyl (C=O) groups is 5. The van der Waals surface area contributed by atoms with Crippen LogP contribution in [0.15, 0.2) is 0 Å². The number of nitrogens with one attached hydrogen (secondary N) is 3. The number of hydrogen-bond acceptors (Lipinski definition) is 6. The van der Waals surface area contributed by atoms with E-state index in [9.17, 15) is 29.1 Å². The van der Waals surface area contributed by atoms with Crippen molar-refractivity contribution in [2.45, 2.75) is 71.6 Å². The highest BCUT2D eigenvalue weighted by Gasteiger charge is 2.30. The lowest BCUT2D eigenvalue weighted by Crippen LogP contribution is -2.57. The fourth-order valence-corrected chi connectivity index (χ4v) is 2.30. The number of primary amides is 1. The molecule has 4 amide bonds. The largest absolute Gasteiger partial charge is 0.480 e. The third kappa shape index (κ3) is 9.37. The highest BCUT2D eigenvalue weighted by molar-refractivity contribution is 5.94. The van der Waals surface area contributed by atoms with E-state index in [1.807, 2.05) is 0 Å². The van der Waals surface area contributed by atoms with Gasteiger partial charge in [-0.25, -0.2) is 4.79 Å². The molecule has 4 atom stereocenters. The van der Waals surface area contributed by atoms with Crippen molar-refractivity contribution in [3.8, 4) is 0 Å². The number of carboxylic acids is 1. The summed E-state index contributed by atoms with van der Waals surface area (Å²) in [5, 5.41) is 16.4. The average molecular weight is 415 g/mol. The van der Waals surface area contributed by atoms with Crippen molar-refractivity contribution in [1.29, 1.82) is 0 Å². The monoisotopic (exact) mass is 415 g/mol. The van der Waals surface area contributed by atoms with Crippen LogP contribution < -0.4 is 27.4 Å². The number of amides is 4. The molecule has 8 N–H and O–H groups in total. The highest BCUT2D eigenvalue weighted by atomic mass is 16.4. The van der Waals surface area contributed by atoms with Crippen molar-refractivity contribution in [1.82, 2.24) is 16.0 Å². The number of hydrogen-bond donors (Lipinski definition) is 6. The van der Waals surface area contributed by atoms with Crippen LogP contribution in [0.25, 0.3) is 0 Å². The van der Waals surface area contributed by atoms with Gasteiger partial charge >= 0.3 is 5.97 Å². The first-order chi connectivity index (χ1) is 13.3. The van der Waals surface area contributed by atoms with Gasteiger partial charge < -0.3 is 32.5 Å². The molecule has 0 aromatic carbocycles. The fourth-order valence-electron chi connectivity index (χ4n) is 2.30. The zero-order valence-corrected chi connectivity index (χ0v) is 17.5. The Labute approximate surface area is 170 Å². The van der Waals surface area contributed by atoms with Crippen LogP contribution in [-0.2, 0) is 24.0 Å². The second-order valence-electron chi connectivity index (χ2n) is 7.63. The number of rotatable bonds is 12. The molecule has 0 aliphatic rings. The van der Waals surface area contributed by atoms with Gasteiger partial charge in [0.05, 0.1) is 6.04 Å². The van der Waals surface area contributed by atoms with Crippen LogP contribution in [0.5, 0.6) is 0 Å². The summed E-state index contributed by atoms with van der Waals surface area (Å²) in [6.07, 6.45) is -0.319. The predicted octanol–water partition coefficient (Wildman–Crippen LogP) is -1.55. The van der Waals surface area contributed by atoms with Crippen LogP contribution in [0.2, 0.25) is 0 Å². The minimum Gasteiger partial charge on any atom is -0.480 e. The molecule has 0 aliphatic carbocycles. The van der Waals surface area contributed by atoms with E-state index in [1.54, 1.807) is 27.7 Å². The highest BCUT2D eigenvalue weighted by Crippen LogP contribution is 2.05. The Morgan fingerprint density at radius 1 is 0.828 bits per heavy atom. The Kier molecular flexibility index (Phi) is 10.9. The lowest BCUT2D eigenvalue weighted by molar-refractivity contribution is -0.143. The standard InChI is InChI=1S/C18H33N5O6/c1-8(2)13(20)17(27)21-10(5)15(25)22-11(6-7-12(19)24)16(26)23-14(9(3)4)18(28)29/h8-11,13-14H,6-7,20H2,1-5H3,(H2,19,24)(H,21,27)(H,22,25)(H,23,26)(H,28,29). The van der Waals surface area contributed by atoms with Crippen molar-refractivity contribution in [3.63, 3.8) is 0 Å². The molecule has 166 valence electrons. The molecule has 0 rings (SSSR count). The summed E-state index contributed by atoms with van der Waals surface area (Å²) in [6.45, 7) is 8.16. The average Bonchev–Trinajstić information content (AvgIpc) is 2.60. The van der Waals surface area contributed by atoms with Crippen LogP contribution in [0.1, 0.15) is 47.5 Å². The second-order valence-corrected chi connectivity index (χ2v) is 7.63. The molecule has 0 aromatic heterocycles. The Hall–Kier alpha value is -2.69. The molecule has 0 radical (unpaired) electrons. The van der Waals surface area contributed by atoms with Gasteiger partial charge in [0.2, 0.25) is 23.6 Å². The summed E-state index contributed by atoms with van der Waals surface area (Å²) < 4.78 is 0. The van der Waals surface area contributed by atoms with E-state index in [4.69, 9.17) is 11.5 Å². The number of carbonyl (C=O) groups excluding carboxylic acids is 4. The first-order valence-electron chi connectivity index (χ1n) is 9.45. The fraction of sp³-hybridized carbons (Fsp3) is 0.722. The van der Waals surface area contributed by atoms with Crippen molar-refractivity contribution in [3.05, 3.63) is 0 Å². The maximum atomic E-state index is 12.5. The van der Waals surface area contributed by atoms with Crippen LogP contribution in [-0.4, -0.2) is 58.9 Å². The Morgan fingerprint density at radius 2 is 1.38 bits per heavy atom. The van der Waals surface area contributed by atoms with Crippen LogP contribution in [0.3, 0.4) is 0 Å². The normalized spacial score (nSPS) is 15.2. The smallest absolute Gasteiger partial charge is 0.326 e. The van der Waals surface area contributed by atoms with Gasteiger partial charge in [-0.05, 0) is 25.2 Å². The molecule has 0 saturated heterocycles. The number of carboxylic acid groups (broad SMARTS) is 1. The van der Waals surface area contributed by atoms with E-state index in [2.05, 4.69) is 16.0 Å². The van der Waals surface area contributed by atoms with Gasteiger partial charge in [-0.3, -0.25) is 19.2 Å². The Bertz CT molecular complexity index is 622. The first kappa shape index (κ1) is 26.3. The zero-order valence-electron chi connectivity index (χ0n) is 17.5. The third-order valence-corrected chi connectivity index (χ3v) is 4.32. The lowest BCUT2D eigenvalue weighted by atomic mass is 10.0. The third-order valence-electron chi connectivity index (χ3n) is 4.32. The topological polar surface area (TPSA) is 194 Å². The van der Waals surface area contributed by atoms with E-state index < -0.39 is 59.7 Å². The maximum Gasteiger partial charge on any atom is 0.326 e. The summed E-state index contributed by atoms with van der Waals surface area (Å²) in [5.41, 5.74) is 10.8. The van der Waals surface area contributed by atoms with Crippen LogP contribution >= 0.6 is 0 Å². The van der Waals surface area contributed by atoms with Gasteiger partial charge in [0.1, 0.15) is 18.1 Å². The van der Waals surface area contributed by atoms with E-state index in [1.165, 1.54) is 6.92 Å². The van der Waals surface area contributed by atoms with E-state index in [0.717, 1.165) is 0 Å². The lowest BCUT2D eigenvalue weighted by Gasteiger charge is -2.25. The summed E-state index contributed by atoms with van der Waals surface area (Å²) in [4.78, 5) is 59.3. The van der Waals surface area contributed by atoms with Crippen LogP contribution in [0.4, 0.5) is 0 Å². The maximum absolute atomic E-state index is 12.5. The second kappa shape index (κ2) is 12.0. The van der Waals surface area contributed by atoms with Gasteiger partial charge in [-0.2, -0.15) is 0 Å². The number of aliphatic carboxylic acids is 1. The van der Waals surface area contributed by atoms with Gasteiger partial charge in [-0.1, -0.05) is 27.7 Å². The Morgan fingerprint density at radius 3 is 1.79 bits per heavy atom. The van der Waals surface area contributed by atoms with Gasteiger partial charge in [-0.15, -0.1) is 0 Å². The molecule has 0 aromatic rings. The summed E-state index contributed by atoms with van der Waals surface area (Å²) in [6, 6.07) is -4.18. The Balaban J connectivity index is 5.19. The molecule has 0 heterocycles. The molecular weight excluding hydrogens is 382 g/mol. The SMILES string of the molecule is CC(NC(=O)C(N)C(C)C)C(=O)NC(CCC(N)=O)C(=O)NC(C(=O)O)C(C)C. The minimum atomic E-state index is -1.23. The molecule has 4 unspecified atom stereocenters. The molecule has 11 heteroatoms. The van der Waals surface area contributed by atoms with Crippen molar-refractivity contribution in [2.24, 2.45) is 23.3 Å². The molecule has 0 bridgehead atoms. The molecule has 0 spiro atoms. The predicted molar refractivity (Wildman–Crippen MR) is 105 cm³/mol. The molecule has 29 heavy (non-hydrogen) atoms. The van der Waals surface area contributed by atoms with E-state index in [-0.39, 0.29) is 18.8 Å². The summed E-state index contributed by atoms with van der Waals surface area (Å²) >= 11 is 0. The van der Waals surface area contributed by atoms with Crippen LogP contribution in [0, 0.1) is 11.8 Å². The first-order valence-corrected chi connectivity index (χ1v) is 9.45. The summed E-state index contributed by atoms with van der Waals surface area (Å²) in [7, 11) is 0. The van der Waals surface area contributed by atoms with Crippen molar-refractivity contribution < 1.29 is 29.1 Å². The minimum absolute atomic E-state index is 0.122.